The summed E-state index contributed by atoms with van der Waals surface area (Å²) in [4.78, 5) is 15.0. The lowest BCUT2D eigenvalue weighted by Gasteiger charge is -2.13. The summed E-state index contributed by atoms with van der Waals surface area (Å²) in [6.45, 7) is 4.51. The topological polar surface area (TPSA) is 120 Å². The third-order valence-electron chi connectivity index (χ3n) is 1.65. The van der Waals surface area contributed by atoms with Crippen LogP contribution < -0.4 is 22.5 Å². The molecule has 14 heavy (non-hydrogen) atoms. The van der Waals surface area contributed by atoms with E-state index >= 15 is 0 Å². The van der Waals surface area contributed by atoms with Gasteiger partial charge in [0.1, 0.15) is 6.17 Å². The number of nitrogens with two attached hydrogens (primary N) is 3. The van der Waals surface area contributed by atoms with Crippen LogP contribution in [0.5, 0.6) is 0 Å². The van der Waals surface area contributed by atoms with Crippen LogP contribution in [0.3, 0.4) is 0 Å². The molecule has 0 fully saturated rings. The third-order valence-corrected chi connectivity index (χ3v) is 1.65. The Morgan fingerprint density at radius 1 is 1.43 bits per heavy atom. The van der Waals surface area contributed by atoms with Crippen molar-refractivity contribution in [1.29, 1.82) is 0 Å². The number of hydrogen-bond acceptors (Lipinski definition) is 4. The van der Waals surface area contributed by atoms with E-state index in [2.05, 4.69) is 10.3 Å². The van der Waals surface area contributed by atoms with Gasteiger partial charge in [0.25, 0.3) is 0 Å². The first-order valence-electron chi connectivity index (χ1n) is 4.53. The Morgan fingerprint density at radius 3 is 2.43 bits per heavy atom. The summed E-state index contributed by atoms with van der Waals surface area (Å²) >= 11 is 0. The lowest BCUT2D eigenvalue weighted by Crippen LogP contribution is -2.47. The molecule has 0 unspecified atom stereocenters. The van der Waals surface area contributed by atoms with E-state index in [9.17, 15) is 4.79 Å². The van der Waals surface area contributed by atoms with Crippen molar-refractivity contribution in [3.8, 4) is 0 Å². The summed E-state index contributed by atoms with van der Waals surface area (Å²) in [5, 5.41) is 2.83. The standard InChI is InChI=1S/C8H19N5O/c1-5(2)6(14)7(9)12-3-4-13-8(10)11/h5,7,12H,3-4,9H2,1-2H3,(H4,10,11,13)/t7-/m1/s1. The van der Waals surface area contributed by atoms with Crippen LogP contribution in [-0.4, -0.2) is 31.0 Å². The molecule has 6 heteroatoms. The van der Waals surface area contributed by atoms with Gasteiger partial charge in [-0.2, -0.15) is 0 Å². The summed E-state index contributed by atoms with van der Waals surface area (Å²) in [6, 6.07) is 0. The van der Waals surface area contributed by atoms with Gasteiger partial charge >= 0.3 is 0 Å². The molecule has 82 valence electrons. The van der Waals surface area contributed by atoms with Gasteiger partial charge in [0.15, 0.2) is 11.7 Å². The van der Waals surface area contributed by atoms with E-state index in [1.807, 2.05) is 0 Å². The Kier molecular flexibility index (Phi) is 5.82. The number of hydrogen-bond donors (Lipinski definition) is 4. The van der Waals surface area contributed by atoms with Gasteiger partial charge in [-0.05, 0) is 0 Å². The minimum Gasteiger partial charge on any atom is -0.370 e. The van der Waals surface area contributed by atoms with E-state index < -0.39 is 6.17 Å². The highest BCUT2D eigenvalue weighted by Gasteiger charge is 2.15. The van der Waals surface area contributed by atoms with Crippen molar-refractivity contribution < 1.29 is 4.79 Å². The predicted octanol–water partition coefficient (Wildman–Crippen LogP) is -1.64. The molecule has 0 aromatic carbocycles. The Bertz CT molecular complexity index is 210. The largest absolute Gasteiger partial charge is 0.370 e. The lowest BCUT2D eigenvalue weighted by molar-refractivity contribution is -0.123. The number of guanidine groups is 1. The smallest absolute Gasteiger partial charge is 0.185 e. The molecule has 1 atom stereocenters. The molecule has 0 heterocycles. The van der Waals surface area contributed by atoms with Crippen LogP contribution in [0.2, 0.25) is 0 Å². The third kappa shape index (κ3) is 5.50. The van der Waals surface area contributed by atoms with Crippen molar-refractivity contribution in [3.05, 3.63) is 0 Å². The summed E-state index contributed by atoms with van der Waals surface area (Å²) in [7, 11) is 0. The fourth-order valence-corrected chi connectivity index (χ4v) is 0.865. The molecular weight excluding hydrogens is 182 g/mol. The minimum atomic E-state index is -0.635. The molecule has 0 spiro atoms. The molecule has 0 bridgehead atoms. The maximum atomic E-state index is 11.3. The van der Waals surface area contributed by atoms with Crippen LogP contribution in [0, 0.1) is 5.92 Å². The van der Waals surface area contributed by atoms with Crippen LogP contribution >= 0.6 is 0 Å². The Hall–Kier alpha value is -1.14. The molecule has 0 aliphatic carbocycles. The minimum absolute atomic E-state index is 0.0188. The lowest BCUT2D eigenvalue weighted by atomic mass is 10.1. The van der Waals surface area contributed by atoms with Crippen LogP contribution in [0.1, 0.15) is 13.8 Å². The zero-order valence-electron chi connectivity index (χ0n) is 8.66. The highest BCUT2D eigenvalue weighted by Crippen LogP contribution is 1.95. The van der Waals surface area contributed by atoms with Crippen molar-refractivity contribution in [1.82, 2.24) is 5.32 Å². The Morgan fingerprint density at radius 2 is 2.00 bits per heavy atom. The molecule has 0 rings (SSSR count). The second kappa shape index (κ2) is 6.33. The first kappa shape index (κ1) is 12.9. The number of carbonyl (C=O) groups is 1. The van der Waals surface area contributed by atoms with Crippen LogP contribution in [0.15, 0.2) is 4.99 Å². The predicted molar refractivity (Wildman–Crippen MR) is 56.5 cm³/mol. The number of nitrogens with one attached hydrogen (secondary N) is 1. The molecule has 0 radical (unpaired) electrons. The molecule has 0 aromatic heterocycles. The first-order valence-corrected chi connectivity index (χ1v) is 4.53. The molecule has 0 saturated heterocycles. The molecule has 6 nitrogen and oxygen atoms in total. The van der Waals surface area contributed by atoms with Gasteiger partial charge in [0.05, 0.1) is 6.54 Å². The fraction of sp³-hybridized carbons (Fsp3) is 0.750. The van der Waals surface area contributed by atoms with E-state index in [4.69, 9.17) is 17.2 Å². The maximum Gasteiger partial charge on any atom is 0.185 e. The average Bonchev–Trinajstić information content (AvgIpc) is 2.10. The highest BCUT2D eigenvalue weighted by molar-refractivity contribution is 5.85. The molecule has 0 amide bonds. The summed E-state index contributed by atoms with van der Waals surface area (Å²) in [5.41, 5.74) is 15.8. The molecular formula is C8H19N5O. The van der Waals surface area contributed by atoms with E-state index in [-0.39, 0.29) is 17.7 Å². The average molecular weight is 201 g/mol. The number of aliphatic imine (C=N–C) groups is 1. The van der Waals surface area contributed by atoms with Gasteiger partial charge in [-0.1, -0.05) is 13.8 Å². The van der Waals surface area contributed by atoms with Gasteiger partial charge in [-0.3, -0.25) is 15.1 Å². The van der Waals surface area contributed by atoms with Gasteiger partial charge in [0.2, 0.25) is 0 Å². The van der Waals surface area contributed by atoms with Gasteiger partial charge < -0.3 is 17.2 Å². The Labute approximate surface area is 83.9 Å². The van der Waals surface area contributed by atoms with Gasteiger partial charge in [0, 0.05) is 12.5 Å². The van der Waals surface area contributed by atoms with Gasteiger partial charge in [-0.15, -0.1) is 0 Å². The van der Waals surface area contributed by atoms with Crippen LogP contribution in [0.25, 0.3) is 0 Å². The zero-order valence-corrected chi connectivity index (χ0v) is 8.66. The normalized spacial score (nSPS) is 12.6. The first-order chi connectivity index (χ1) is 6.45. The monoisotopic (exact) mass is 201 g/mol. The Balaban J connectivity index is 3.69. The fourth-order valence-electron chi connectivity index (χ4n) is 0.865. The molecule has 0 aliphatic heterocycles. The van der Waals surface area contributed by atoms with Crippen molar-refractivity contribution in [2.75, 3.05) is 13.1 Å². The molecule has 0 saturated carbocycles. The maximum absolute atomic E-state index is 11.3. The quantitative estimate of drug-likeness (QED) is 0.178. The number of nitrogens with zero attached hydrogens (tertiary/aromatic N) is 1. The van der Waals surface area contributed by atoms with Crippen molar-refractivity contribution in [2.45, 2.75) is 20.0 Å². The number of ketones is 1. The summed E-state index contributed by atoms with van der Waals surface area (Å²) in [5.74, 6) is -0.0502. The van der Waals surface area contributed by atoms with Gasteiger partial charge in [-0.25, -0.2) is 0 Å². The summed E-state index contributed by atoms with van der Waals surface area (Å²) in [6.07, 6.45) is -0.635. The SMILES string of the molecule is CC(C)C(=O)[C@H](N)NCCN=C(N)N. The molecule has 0 aromatic rings. The second-order valence-electron chi connectivity index (χ2n) is 3.30. The summed E-state index contributed by atoms with van der Waals surface area (Å²) < 4.78 is 0. The zero-order chi connectivity index (χ0) is 11.1. The molecule has 7 N–H and O–H groups in total. The number of Topliss-reactive ketones (excluding diaryl/α,β-unsaturated/α-hetero) is 1. The molecule has 0 aliphatic rings. The van der Waals surface area contributed by atoms with Crippen molar-refractivity contribution in [2.24, 2.45) is 28.1 Å². The van der Waals surface area contributed by atoms with E-state index in [0.29, 0.717) is 13.1 Å². The highest BCUT2D eigenvalue weighted by atomic mass is 16.1. The van der Waals surface area contributed by atoms with Crippen molar-refractivity contribution in [3.63, 3.8) is 0 Å². The van der Waals surface area contributed by atoms with Crippen molar-refractivity contribution >= 4 is 11.7 Å². The van der Waals surface area contributed by atoms with E-state index in [0.717, 1.165) is 0 Å². The number of rotatable bonds is 6. The van der Waals surface area contributed by atoms with Crippen LogP contribution in [0.4, 0.5) is 0 Å². The van der Waals surface area contributed by atoms with E-state index in [1.165, 1.54) is 0 Å². The van der Waals surface area contributed by atoms with E-state index in [1.54, 1.807) is 13.8 Å². The second-order valence-corrected chi connectivity index (χ2v) is 3.30. The number of carbonyl (C=O) groups excluding carboxylic acids is 1. The van der Waals surface area contributed by atoms with Crippen LogP contribution in [-0.2, 0) is 4.79 Å².